The molecule has 0 amide bonds. The first kappa shape index (κ1) is 9.07. The first-order valence-electron chi connectivity index (χ1n) is 3.89. The van der Waals surface area contributed by atoms with Gasteiger partial charge in [-0.05, 0) is 26.7 Å². The highest BCUT2D eigenvalue weighted by Crippen LogP contribution is 2.39. The number of sulfonamides is 1. The van der Waals surface area contributed by atoms with Crippen molar-refractivity contribution in [2.75, 3.05) is 0 Å². The van der Waals surface area contributed by atoms with E-state index in [9.17, 15) is 8.42 Å². The third kappa shape index (κ3) is 1.76. The van der Waals surface area contributed by atoms with Crippen LogP contribution in [0.3, 0.4) is 0 Å². The fraction of sp³-hybridized carbons (Fsp3) is 1.00. The molecule has 0 aliphatic heterocycles. The van der Waals surface area contributed by atoms with Gasteiger partial charge in [0.2, 0.25) is 10.0 Å². The van der Waals surface area contributed by atoms with E-state index in [2.05, 4.69) is 4.72 Å². The molecule has 64 valence electrons. The Kier molecular flexibility index (Phi) is 2.05. The summed E-state index contributed by atoms with van der Waals surface area (Å²) >= 11 is 0. The van der Waals surface area contributed by atoms with Crippen LogP contribution in [0.25, 0.3) is 0 Å². The molecule has 1 fully saturated rings. The Bertz CT molecular complexity index is 243. The van der Waals surface area contributed by atoms with Gasteiger partial charge in [-0.2, -0.15) is 0 Å². The summed E-state index contributed by atoms with van der Waals surface area (Å²) in [5, 5.41) is 0. The molecule has 1 saturated carbocycles. The highest BCUT2D eigenvalue weighted by molar-refractivity contribution is 7.92. The quantitative estimate of drug-likeness (QED) is 0.584. The third-order valence-electron chi connectivity index (χ3n) is 1.99. The summed E-state index contributed by atoms with van der Waals surface area (Å²) in [6, 6.07) is 0.0115. The number of hydrogen-bond donors (Lipinski definition) is 1. The average Bonchev–Trinajstić information content (AvgIpc) is 2.44. The van der Waals surface area contributed by atoms with Gasteiger partial charge in [-0.15, -0.1) is 0 Å². The van der Waals surface area contributed by atoms with E-state index in [0.29, 0.717) is 0 Å². The summed E-state index contributed by atoms with van der Waals surface area (Å²) in [7, 11) is -1.25. The topological polar surface area (TPSA) is 46.2 Å². The summed E-state index contributed by atoms with van der Waals surface area (Å²) in [6.07, 6.45) is 1.60. The van der Waals surface area contributed by atoms with Gasteiger partial charge in [0.1, 0.15) is 7.85 Å². The molecule has 0 unspecified atom stereocenters. The lowest BCUT2D eigenvalue weighted by Crippen LogP contribution is -2.40. The molecule has 0 aromatic heterocycles. The van der Waals surface area contributed by atoms with Crippen molar-refractivity contribution in [2.45, 2.75) is 37.4 Å². The molecule has 0 aromatic carbocycles. The van der Waals surface area contributed by atoms with Crippen LogP contribution in [0.2, 0.25) is 0 Å². The van der Waals surface area contributed by atoms with E-state index in [1.807, 2.05) is 13.8 Å². The fourth-order valence-electron chi connectivity index (χ4n) is 0.897. The van der Waals surface area contributed by atoms with E-state index in [4.69, 9.17) is 0 Å². The van der Waals surface area contributed by atoms with Crippen molar-refractivity contribution in [2.24, 2.45) is 0 Å². The van der Waals surface area contributed by atoms with E-state index < -0.39 is 14.7 Å². The van der Waals surface area contributed by atoms with Crippen molar-refractivity contribution in [3.8, 4) is 0 Å². The van der Waals surface area contributed by atoms with Crippen LogP contribution in [0.5, 0.6) is 0 Å². The van der Waals surface area contributed by atoms with E-state index in [0.717, 1.165) is 12.8 Å². The van der Waals surface area contributed by atoms with Crippen molar-refractivity contribution in [1.29, 1.82) is 0 Å². The summed E-state index contributed by atoms with van der Waals surface area (Å²) in [5.41, 5.74) is 0. The summed E-state index contributed by atoms with van der Waals surface area (Å²) < 4.78 is 25.0. The Morgan fingerprint density at radius 3 is 2.18 bits per heavy atom. The smallest absolute Gasteiger partial charge is 0.209 e. The van der Waals surface area contributed by atoms with Crippen LogP contribution in [-0.2, 0) is 10.0 Å². The lowest BCUT2D eigenvalue weighted by molar-refractivity contribution is 0.565. The molecule has 3 nitrogen and oxygen atoms in total. The molecule has 1 aliphatic carbocycles. The van der Waals surface area contributed by atoms with Crippen LogP contribution in [0, 0.1) is 0 Å². The zero-order chi connectivity index (χ0) is 8.70. The summed E-state index contributed by atoms with van der Waals surface area (Å²) in [4.78, 5) is 0. The van der Waals surface area contributed by atoms with Crippen molar-refractivity contribution in [1.82, 2.24) is 4.72 Å². The predicted octanol–water partition coefficient (Wildman–Crippen LogP) is -0.563. The maximum Gasteiger partial charge on any atom is 0.209 e. The van der Waals surface area contributed by atoms with Crippen molar-refractivity contribution < 1.29 is 8.42 Å². The molecular formula is C6H14BNO2S. The summed E-state index contributed by atoms with van der Waals surface area (Å²) in [6.45, 7) is 3.67. The minimum Gasteiger partial charge on any atom is -0.213 e. The highest BCUT2D eigenvalue weighted by atomic mass is 32.2. The molecule has 0 heterocycles. The van der Waals surface area contributed by atoms with E-state index in [-0.39, 0.29) is 6.04 Å². The molecule has 0 radical (unpaired) electrons. The van der Waals surface area contributed by atoms with Gasteiger partial charge in [-0.1, -0.05) is 0 Å². The summed E-state index contributed by atoms with van der Waals surface area (Å²) in [5.74, 6) is 0. The monoisotopic (exact) mass is 175 g/mol. The molecule has 5 heteroatoms. The minimum atomic E-state index is -3.04. The Labute approximate surface area is 69.0 Å². The van der Waals surface area contributed by atoms with Gasteiger partial charge in [-0.3, -0.25) is 0 Å². The third-order valence-corrected chi connectivity index (χ3v) is 4.48. The van der Waals surface area contributed by atoms with Crippen LogP contribution < -0.4 is 4.72 Å². The first-order chi connectivity index (χ1) is 4.87. The number of rotatable bonds is 3. The average molecular weight is 175 g/mol. The zero-order valence-electron chi connectivity index (χ0n) is 7.22. The fourth-order valence-corrected chi connectivity index (χ4v) is 2.44. The van der Waals surface area contributed by atoms with Gasteiger partial charge in [-0.25, -0.2) is 13.1 Å². The van der Waals surface area contributed by atoms with E-state index in [1.165, 1.54) is 0 Å². The van der Waals surface area contributed by atoms with E-state index in [1.54, 1.807) is 7.85 Å². The molecule has 0 bridgehead atoms. The Balaban J connectivity index is 2.68. The van der Waals surface area contributed by atoms with Crippen molar-refractivity contribution in [3.05, 3.63) is 0 Å². The first-order valence-corrected chi connectivity index (χ1v) is 5.38. The van der Waals surface area contributed by atoms with Crippen LogP contribution >= 0.6 is 0 Å². The molecule has 0 aromatic rings. The Hall–Kier alpha value is -0.0251. The van der Waals surface area contributed by atoms with Gasteiger partial charge in [0, 0.05) is 6.04 Å². The van der Waals surface area contributed by atoms with Gasteiger partial charge in [0.25, 0.3) is 0 Å². The SMILES string of the molecule is BC1(S(=O)(=O)NC(C)C)CC1. The molecule has 0 atom stereocenters. The maximum absolute atomic E-state index is 11.4. The van der Waals surface area contributed by atoms with E-state index >= 15 is 0 Å². The second kappa shape index (κ2) is 2.49. The largest absolute Gasteiger partial charge is 0.213 e. The van der Waals surface area contributed by atoms with Crippen LogP contribution in [0.1, 0.15) is 26.7 Å². The number of hydrogen-bond acceptors (Lipinski definition) is 2. The van der Waals surface area contributed by atoms with Gasteiger partial charge < -0.3 is 0 Å². The second-order valence-corrected chi connectivity index (χ2v) is 5.95. The standard InChI is InChI=1S/C6H14BNO2S/c1-5(2)8-11(9,10)6(7)3-4-6/h5,8H,3-4,7H2,1-2H3. The van der Waals surface area contributed by atoms with Crippen molar-refractivity contribution >= 4 is 17.9 Å². The molecule has 11 heavy (non-hydrogen) atoms. The minimum absolute atomic E-state index is 0.0115. The molecule has 1 N–H and O–H groups in total. The predicted molar refractivity (Wildman–Crippen MR) is 47.7 cm³/mol. The van der Waals surface area contributed by atoms with Gasteiger partial charge in [0.05, 0.1) is 4.65 Å². The van der Waals surface area contributed by atoms with Crippen molar-refractivity contribution in [3.63, 3.8) is 0 Å². The Morgan fingerprint density at radius 1 is 1.45 bits per heavy atom. The Morgan fingerprint density at radius 2 is 1.91 bits per heavy atom. The van der Waals surface area contributed by atoms with Crippen LogP contribution in [0.4, 0.5) is 0 Å². The second-order valence-electron chi connectivity index (χ2n) is 3.73. The normalized spacial score (nSPS) is 22.1. The highest BCUT2D eigenvalue weighted by Gasteiger charge is 2.49. The molecule has 1 rings (SSSR count). The maximum atomic E-state index is 11.4. The van der Waals surface area contributed by atoms with Crippen LogP contribution in [0.15, 0.2) is 0 Å². The van der Waals surface area contributed by atoms with Crippen LogP contribution in [-0.4, -0.2) is 27.0 Å². The lowest BCUT2D eigenvalue weighted by Gasteiger charge is -2.14. The lowest BCUT2D eigenvalue weighted by atomic mass is 10.0. The molecule has 1 aliphatic rings. The number of nitrogens with one attached hydrogen (secondary N) is 1. The molecule has 0 saturated heterocycles. The van der Waals surface area contributed by atoms with Gasteiger partial charge in [0.15, 0.2) is 0 Å². The van der Waals surface area contributed by atoms with Gasteiger partial charge >= 0.3 is 0 Å². The zero-order valence-corrected chi connectivity index (χ0v) is 8.03. The molecule has 0 spiro atoms. The molecular weight excluding hydrogens is 161 g/mol.